The Kier molecular flexibility index (Phi) is 6.74. The Hall–Kier alpha value is -1.79. The minimum atomic E-state index is -0.147. The molecule has 3 rings (SSSR count). The molecule has 0 unspecified atom stereocenters. The normalized spacial score (nSPS) is 19.0. The zero-order valence-corrected chi connectivity index (χ0v) is 15.8. The van der Waals surface area contributed by atoms with Crippen LogP contribution in [0.5, 0.6) is 11.5 Å². The molecule has 0 aromatic heterocycles. The second-order valence-electron chi connectivity index (χ2n) is 7.05. The van der Waals surface area contributed by atoms with Crippen molar-refractivity contribution in [3.63, 3.8) is 0 Å². The number of carbonyl (C=O) groups is 1. The fourth-order valence-corrected chi connectivity index (χ4v) is 3.57. The summed E-state index contributed by atoms with van der Waals surface area (Å²) >= 11 is 0. The highest BCUT2D eigenvalue weighted by molar-refractivity contribution is 5.97. The number of likely N-dealkylation sites (tertiary alicyclic amines) is 1. The number of hydrogen-bond donors (Lipinski definition) is 1. The van der Waals surface area contributed by atoms with E-state index in [-0.39, 0.29) is 12.0 Å². The van der Waals surface area contributed by atoms with Crippen molar-refractivity contribution >= 4 is 5.91 Å². The van der Waals surface area contributed by atoms with Crippen molar-refractivity contribution in [1.29, 1.82) is 0 Å². The summed E-state index contributed by atoms with van der Waals surface area (Å²) in [6.45, 7) is 3.11. The minimum Gasteiger partial charge on any atom is -0.497 e. The van der Waals surface area contributed by atoms with E-state index in [2.05, 4.69) is 10.2 Å². The Morgan fingerprint density at radius 2 is 1.96 bits per heavy atom. The summed E-state index contributed by atoms with van der Waals surface area (Å²) in [6, 6.07) is 6.15. The second kappa shape index (κ2) is 9.24. The van der Waals surface area contributed by atoms with Crippen molar-refractivity contribution in [3.8, 4) is 11.5 Å². The first-order chi connectivity index (χ1) is 12.7. The molecule has 144 valence electrons. The predicted octanol–water partition coefficient (Wildman–Crippen LogP) is 2.47. The zero-order valence-electron chi connectivity index (χ0n) is 15.8. The van der Waals surface area contributed by atoms with Gasteiger partial charge in [0.1, 0.15) is 17.6 Å². The van der Waals surface area contributed by atoms with Crippen molar-refractivity contribution in [2.24, 2.45) is 0 Å². The Morgan fingerprint density at radius 1 is 1.19 bits per heavy atom. The number of ether oxygens (including phenoxy) is 3. The third kappa shape index (κ3) is 4.68. The van der Waals surface area contributed by atoms with Crippen LogP contribution in [0.3, 0.4) is 0 Å². The van der Waals surface area contributed by atoms with Gasteiger partial charge in [-0.3, -0.25) is 4.79 Å². The zero-order chi connectivity index (χ0) is 18.4. The Bertz CT molecular complexity index is 595. The average molecular weight is 362 g/mol. The van der Waals surface area contributed by atoms with Crippen LogP contribution in [0.2, 0.25) is 0 Å². The molecule has 0 atom stereocenters. The van der Waals surface area contributed by atoms with Crippen LogP contribution in [0.15, 0.2) is 18.2 Å². The summed E-state index contributed by atoms with van der Waals surface area (Å²) in [4.78, 5) is 15.1. The molecule has 0 radical (unpaired) electrons. The van der Waals surface area contributed by atoms with Crippen molar-refractivity contribution in [2.75, 3.05) is 40.5 Å². The molecule has 6 nitrogen and oxygen atoms in total. The molecule has 1 saturated carbocycles. The van der Waals surface area contributed by atoms with Crippen molar-refractivity contribution in [2.45, 2.75) is 44.2 Å². The summed E-state index contributed by atoms with van der Waals surface area (Å²) in [5.74, 6) is 1.15. The first-order valence-corrected chi connectivity index (χ1v) is 9.57. The lowest BCUT2D eigenvalue weighted by Crippen LogP contribution is -2.46. The molecular weight excluding hydrogens is 332 g/mol. The van der Waals surface area contributed by atoms with Crippen LogP contribution < -0.4 is 14.8 Å². The standard InChI is InChI=1S/C20H30N2O4/c1-24-13-10-21-20(23)18-7-6-17(25-2)14-19(18)26-16-8-11-22(12-9-16)15-4-3-5-15/h6-7,14-16H,3-5,8-13H2,1-2H3,(H,21,23). The molecule has 2 fully saturated rings. The average Bonchev–Trinajstić information content (AvgIpc) is 2.62. The van der Waals surface area contributed by atoms with Crippen molar-refractivity contribution < 1.29 is 19.0 Å². The number of hydrogen-bond acceptors (Lipinski definition) is 5. The number of amides is 1. The van der Waals surface area contributed by atoms with Gasteiger partial charge in [-0.25, -0.2) is 0 Å². The largest absolute Gasteiger partial charge is 0.497 e. The molecule has 1 amide bonds. The molecule has 1 saturated heterocycles. The Morgan fingerprint density at radius 3 is 2.58 bits per heavy atom. The maximum Gasteiger partial charge on any atom is 0.255 e. The molecule has 0 spiro atoms. The third-order valence-electron chi connectivity index (χ3n) is 5.39. The molecule has 1 N–H and O–H groups in total. The summed E-state index contributed by atoms with van der Waals surface area (Å²) in [5.41, 5.74) is 0.545. The van der Waals surface area contributed by atoms with Gasteiger partial charge in [0.05, 0.1) is 19.3 Å². The fraction of sp³-hybridized carbons (Fsp3) is 0.650. The van der Waals surface area contributed by atoms with E-state index in [1.807, 2.05) is 6.07 Å². The maximum absolute atomic E-state index is 12.5. The second-order valence-corrected chi connectivity index (χ2v) is 7.05. The molecule has 1 aromatic rings. The molecule has 1 aliphatic heterocycles. The lowest BCUT2D eigenvalue weighted by atomic mass is 9.90. The van der Waals surface area contributed by atoms with E-state index >= 15 is 0 Å². The highest BCUT2D eigenvalue weighted by Gasteiger charge is 2.30. The van der Waals surface area contributed by atoms with Crippen LogP contribution >= 0.6 is 0 Å². The van der Waals surface area contributed by atoms with E-state index < -0.39 is 0 Å². The van der Waals surface area contributed by atoms with Gasteiger partial charge < -0.3 is 24.4 Å². The van der Waals surface area contributed by atoms with E-state index in [9.17, 15) is 4.79 Å². The molecule has 0 bridgehead atoms. The summed E-state index contributed by atoms with van der Waals surface area (Å²) in [7, 11) is 3.23. The molecule has 1 heterocycles. The number of nitrogens with zero attached hydrogens (tertiary/aromatic N) is 1. The van der Waals surface area contributed by atoms with Crippen LogP contribution in [0, 0.1) is 0 Å². The lowest BCUT2D eigenvalue weighted by Gasteiger charge is -2.41. The highest BCUT2D eigenvalue weighted by Crippen LogP contribution is 2.31. The third-order valence-corrected chi connectivity index (χ3v) is 5.39. The van der Waals surface area contributed by atoms with Gasteiger partial charge in [-0.15, -0.1) is 0 Å². The smallest absolute Gasteiger partial charge is 0.255 e. The van der Waals surface area contributed by atoms with Gasteiger partial charge in [0.25, 0.3) is 5.91 Å². The monoisotopic (exact) mass is 362 g/mol. The topological polar surface area (TPSA) is 60.0 Å². The van der Waals surface area contributed by atoms with E-state index in [0.717, 1.165) is 32.0 Å². The SMILES string of the molecule is COCCNC(=O)c1ccc(OC)cc1OC1CCN(C2CCC2)CC1. The van der Waals surface area contributed by atoms with Gasteiger partial charge in [-0.2, -0.15) is 0 Å². The van der Waals surface area contributed by atoms with Gasteiger partial charge >= 0.3 is 0 Å². The molecule has 1 aliphatic carbocycles. The van der Waals surface area contributed by atoms with Crippen molar-refractivity contribution in [3.05, 3.63) is 23.8 Å². The van der Waals surface area contributed by atoms with Gasteiger partial charge in [0.2, 0.25) is 0 Å². The van der Waals surface area contributed by atoms with Gasteiger partial charge in [0.15, 0.2) is 0 Å². The lowest BCUT2D eigenvalue weighted by molar-refractivity contribution is 0.0487. The molecule has 6 heteroatoms. The number of methoxy groups -OCH3 is 2. The van der Waals surface area contributed by atoms with E-state index in [1.165, 1.54) is 19.3 Å². The molecular formula is C20H30N2O4. The van der Waals surface area contributed by atoms with Crippen LogP contribution in [-0.4, -0.2) is 63.4 Å². The first-order valence-electron chi connectivity index (χ1n) is 9.57. The van der Waals surface area contributed by atoms with Crippen LogP contribution in [0.4, 0.5) is 0 Å². The van der Waals surface area contributed by atoms with Crippen molar-refractivity contribution in [1.82, 2.24) is 10.2 Å². The quantitative estimate of drug-likeness (QED) is 0.720. The number of rotatable bonds is 8. The van der Waals surface area contributed by atoms with Gasteiger partial charge in [0, 0.05) is 38.9 Å². The molecule has 2 aliphatic rings. The fourth-order valence-electron chi connectivity index (χ4n) is 3.57. The van der Waals surface area contributed by atoms with E-state index in [0.29, 0.717) is 30.2 Å². The number of nitrogens with one attached hydrogen (secondary N) is 1. The predicted molar refractivity (Wildman–Crippen MR) is 100 cm³/mol. The summed E-state index contributed by atoms with van der Waals surface area (Å²) < 4.78 is 16.5. The summed E-state index contributed by atoms with van der Waals surface area (Å²) in [6.07, 6.45) is 6.19. The van der Waals surface area contributed by atoms with Gasteiger partial charge in [-0.05, 0) is 37.8 Å². The van der Waals surface area contributed by atoms with Crippen LogP contribution in [-0.2, 0) is 4.74 Å². The van der Waals surface area contributed by atoms with Crippen LogP contribution in [0.25, 0.3) is 0 Å². The number of benzene rings is 1. The van der Waals surface area contributed by atoms with Gasteiger partial charge in [-0.1, -0.05) is 6.42 Å². The number of piperidine rings is 1. The van der Waals surface area contributed by atoms with E-state index in [1.54, 1.807) is 26.4 Å². The Balaban J connectivity index is 1.62. The summed E-state index contributed by atoms with van der Waals surface area (Å²) in [5, 5.41) is 2.86. The molecule has 1 aromatic carbocycles. The molecule has 26 heavy (non-hydrogen) atoms. The Labute approximate surface area is 155 Å². The minimum absolute atomic E-state index is 0.143. The number of carbonyl (C=O) groups excluding carboxylic acids is 1. The maximum atomic E-state index is 12.5. The van der Waals surface area contributed by atoms with E-state index in [4.69, 9.17) is 14.2 Å². The highest BCUT2D eigenvalue weighted by atomic mass is 16.5. The first kappa shape index (κ1) is 19.0. The van der Waals surface area contributed by atoms with Crippen LogP contribution in [0.1, 0.15) is 42.5 Å².